The number of nitrogens with one attached hydrogen (secondary N) is 2. The van der Waals surface area contributed by atoms with E-state index in [0.29, 0.717) is 16.3 Å². The molecule has 132 valence electrons. The normalized spacial score (nSPS) is 16.1. The van der Waals surface area contributed by atoms with Gasteiger partial charge in [-0.05, 0) is 54.8 Å². The molecule has 1 saturated carbocycles. The van der Waals surface area contributed by atoms with Crippen LogP contribution in [-0.4, -0.2) is 23.5 Å². The maximum absolute atomic E-state index is 12.1. The molecule has 3 rings (SSSR count). The van der Waals surface area contributed by atoms with E-state index in [2.05, 4.69) is 10.6 Å². The number of carbonyl (C=O) groups is 2. The van der Waals surface area contributed by atoms with E-state index < -0.39 is 17.4 Å². The van der Waals surface area contributed by atoms with E-state index in [1.54, 1.807) is 25.1 Å². The van der Waals surface area contributed by atoms with Gasteiger partial charge in [-0.2, -0.15) is 0 Å². The second-order valence-corrected chi connectivity index (χ2v) is 7.58. The largest absolute Gasteiger partial charge is 0.382 e. The second-order valence-electron chi connectivity index (χ2n) is 6.23. The zero-order chi connectivity index (χ0) is 18.0. The summed E-state index contributed by atoms with van der Waals surface area (Å²) in [6, 6.07) is 8.81. The highest BCUT2D eigenvalue weighted by molar-refractivity contribution is 7.10. The van der Waals surface area contributed by atoms with Gasteiger partial charge in [0.1, 0.15) is 5.60 Å². The van der Waals surface area contributed by atoms with Gasteiger partial charge in [-0.25, -0.2) is 0 Å². The van der Waals surface area contributed by atoms with Gasteiger partial charge in [0.15, 0.2) is 0 Å². The molecule has 1 aliphatic rings. The first-order valence-corrected chi connectivity index (χ1v) is 9.28. The maximum atomic E-state index is 12.1. The fourth-order valence-electron chi connectivity index (χ4n) is 2.74. The van der Waals surface area contributed by atoms with Crippen LogP contribution < -0.4 is 10.6 Å². The molecule has 7 heteroatoms. The molecule has 2 amide bonds. The molecular weight excluding hydrogens is 360 g/mol. The average molecular weight is 379 g/mol. The highest BCUT2D eigenvalue weighted by Crippen LogP contribution is 2.46. The summed E-state index contributed by atoms with van der Waals surface area (Å²) >= 11 is 7.46. The fourth-order valence-corrected chi connectivity index (χ4v) is 3.81. The van der Waals surface area contributed by atoms with Crippen LogP contribution in [0.5, 0.6) is 0 Å². The molecule has 1 heterocycles. The lowest BCUT2D eigenvalue weighted by molar-refractivity contribution is -0.137. The van der Waals surface area contributed by atoms with Crippen molar-refractivity contribution in [2.45, 2.75) is 25.4 Å². The molecule has 1 aromatic heterocycles. The monoisotopic (exact) mass is 378 g/mol. The smallest absolute Gasteiger partial charge is 0.313 e. The van der Waals surface area contributed by atoms with Crippen LogP contribution in [0.25, 0.3) is 0 Å². The van der Waals surface area contributed by atoms with Crippen molar-refractivity contribution in [1.82, 2.24) is 5.32 Å². The summed E-state index contributed by atoms with van der Waals surface area (Å²) in [4.78, 5) is 25.1. The lowest BCUT2D eigenvalue weighted by Gasteiger charge is -2.27. The predicted molar refractivity (Wildman–Crippen MR) is 98.8 cm³/mol. The second kappa shape index (κ2) is 7.15. The summed E-state index contributed by atoms with van der Waals surface area (Å²) in [5, 5.41) is 18.5. The number of rotatable bonds is 5. The molecule has 0 aliphatic heterocycles. The van der Waals surface area contributed by atoms with Crippen LogP contribution >= 0.6 is 22.9 Å². The molecule has 1 unspecified atom stereocenters. The zero-order valence-corrected chi connectivity index (χ0v) is 15.3. The van der Waals surface area contributed by atoms with Gasteiger partial charge in [-0.3, -0.25) is 9.59 Å². The Hall–Kier alpha value is -1.89. The Balaban J connectivity index is 1.63. The van der Waals surface area contributed by atoms with E-state index in [0.717, 1.165) is 17.7 Å². The van der Waals surface area contributed by atoms with Crippen molar-refractivity contribution in [3.63, 3.8) is 0 Å². The molecule has 1 aromatic carbocycles. The molecule has 25 heavy (non-hydrogen) atoms. The van der Waals surface area contributed by atoms with Crippen LogP contribution in [0.4, 0.5) is 5.69 Å². The molecule has 0 spiro atoms. The van der Waals surface area contributed by atoms with Gasteiger partial charge >= 0.3 is 11.8 Å². The molecule has 5 nitrogen and oxygen atoms in total. The van der Waals surface area contributed by atoms with Crippen molar-refractivity contribution in [2.24, 2.45) is 5.92 Å². The summed E-state index contributed by atoms with van der Waals surface area (Å²) in [5.74, 6) is -1.45. The van der Waals surface area contributed by atoms with Crippen molar-refractivity contribution in [1.29, 1.82) is 0 Å². The standard InChI is InChI=1S/C18H19ClN2O3S/c1-11-13(19)4-2-5-14(11)21-17(23)16(22)20-10-18(24,12-7-8-12)15-6-3-9-25-15/h2-6,9,12,24H,7-8,10H2,1H3,(H,20,22)(H,21,23). The number of carbonyl (C=O) groups excluding carboxylic acids is 2. The van der Waals surface area contributed by atoms with Crippen LogP contribution in [0.3, 0.4) is 0 Å². The van der Waals surface area contributed by atoms with E-state index in [1.165, 1.54) is 11.3 Å². The molecule has 3 N–H and O–H groups in total. The van der Waals surface area contributed by atoms with E-state index in [4.69, 9.17) is 11.6 Å². The first kappa shape index (κ1) is 17.9. The number of halogens is 1. The minimum Gasteiger partial charge on any atom is -0.382 e. The lowest BCUT2D eigenvalue weighted by Crippen LogP contribution is -2.45. The van der Waals surface area contributed by atoms with Gasteiger partial charge < -0.3 is 15.7 Å². The fraction of sp³-hybridized carbons (Fsp3) is 0.333. The summed E-state index contributed by atoms with van der Waals surface area (Å²) in [6.45, 7) is 1.78. The van der Waals surface area contributed by atoms with Crippen molar-refractivity contribution in [2.75, 3.05) is 11.9 Å². The van der Waals surface area contributed by atoms with Crippen molar-refractivity contribution >= 4 is 40.4 Å². The van der Waals surface area contributed by atoms with Crippen molar-refractivity contribution in [3.05, 3.63) is 51.2 Å². The van der Waals surface area contributed by atoms with Gasteiger partial charge in [0.05, 0.1) is 6.54 Å². The Morgan fingerprint density at radius 3 is 2.68 bits per heavy atom. The molecular formula is C18H19ClN2O3S. The Labute approximate surface area is 155 Å². The number of hydrogen-bond acceptors (Lipinski definition) is 4. The van der Waals surface area contributed by atoms with Crippen LogP contribution in [0.1, 0.15) is 23.3 Å². The Bertz CT molecular complexity index is 790. The molecule has 1 fully saturated rings. The van der Waals surface area contributed by atoms with Crippen LogP contribution in [0.2, 0.25) is 5.02 Å². The average Bonchev–Trinajstić information content (AvgIpc) is 3.31. The van der Waals surface area contributed by atoms with Crippen LogP contribution in [0, 0.1) is 12.8 Å². The van der Waals surface area contributed by atoms with Crippen molar-refractivity contribution in [3.8, 4) is 0 Å². The number of hydrogen-bond donors (Lipinski definition) is 3. The quantitative estimate of drug-likeness (QED) is 0.699. The lowest BCUT2D eigenvalue weighted by atomic mass is 9.95. The summed E-state index contributed by atoms with van der Waals surface area (Å²) in [7, 11) is 0. The van der Waals surface area contributed by atoms with Gasteiger partial charge in [-0.15, -0.1) is 11.3 Å². The third kappa shape index (κ3) is 3.86. The number of benzene rings is 1. The highest BCUT2D eigenvalue weighted by Gasteiger charge is 2.46. The molecule has 0 radical (unpaired) electrons. The molecule has 0 saturated heterocycles. The first-order valence-electron chi connectivity index (χ1n) is 8.02. The topological polar surface area (TPSA) is 78.4 Å². The number of thiophene rings is 1. The molecule has 1 atom stereocenters. The van der Waals surface area contributed by atoms with Crippen LogP contribution in [0.15, 0.2) is 35.7 Å². The summed E-state index contributed by atoms with van der Waals surface area (Å²) in [5.41, 5.74) is 0.0672. The number of amides is 2. The summed E-state index contributed by atoms with van der Waals surface area (Å²) in [6.07, 6.45) is 1.83. The first-order chi connectivity index (χ1) is 11.9. The van der Waals surface area contributed by atoms with E-state index in [1.807, 2.05) is 17.5 Å². The van der Waals surface area contributed by atoms with E-state index >= 15 is 0 Å². The van der Waals surface area contributed by atoms with Gasteiger partial charge in [0.2, 0.25) is 0 Å². The minimum atomic E-state index is -1.12. The zero-order valence-electron chi connectivity index (χ0n) is 13.7. The molecule has 2 aromatic rings. The molecule has 1 aliphatic carbocycles. The van der Waals surface area contributed by atoms with Crippen molar-refractivity contribution < 1.29 is 14.7 Å². The number of aliphatic hydroxyl groups is 1. The van der Waals surface area contributed by atoms with Crippen LogP contribution in [-0.2, 0) is 15.2 Å². The maximum Gasteiger partial charge on any atom is 0.313 e. The van der Waals surface area contributed by atoms with E-state index in [-0.39, 0.29) is 12.5 Å². The Morgan fingerprint density at radius 2 is 2.04 bits per heavy atom. The summed E-state index contributed by atoms with van der Waals surface area (Å²) < 4.78 is 0. The van der Waals surface area contributed by atoms with Gasteiger partial charge in [0.25, 0.3) is 0 Å². The Morgan fingerprint density at radius 1 is 1.28 bits per heavy atom. The third-order valence-corrected chi connectivity index (χ3v) is 5.89. The Kier molecular flexibility index (Phi) is 5.13. The minimum absolute atomic E-state index is 0.0129. The van der Waals surface area contributed by atoms with Gasteiger partial charge in [0, 0.05) is 15.6 Å². The highest BCUT2D eigenvalue weighted by atomic mass is 35.5. The predicted octanol–water partition coefficient (Wildman–Crippen LogP) is 3.06. The molecule has 0 bridgehead atoms. The number of anilines is 1. The van der Waals surface area contributed by atoms with Gasteiger partial charge in [-0.1, -0.05) is 23.7 Å². The third-order valence-electron chi connectivity index (χ3n) is 4.44. The van der Waals surface area contributed by atoms with E-state index in [9.17, 15) is 14.7 Å². The SMILES string of the molecule is Cc1c(Cl)cccc1NC(=O)C(=O)NCC(O)(c1cccs1)C1CC1.